The molecule has 1 atom stereocenters. The van der Waals surface area contributed by atoms with Crippen molar-refractivity contribution in [3.63, 3.8) is 0 Å². The van der Waals surface area contributed by atoms with Gasteiger partial charge in [0, 0.05) is 17.8 Å². The van der Waals surface area contributed by atoms with Crippen molar-refractivity contribution in [2.75, 3.05) is 10.6 Å². The van der Waals surface area contributed by atoms with E-state index in [4.69, 9.17) is 11.6 Å². The lowest BCUT2D eigenvalue weighted by molar-refractivity contribution is -0.137. The van der Waals surface area contributed by atoms with Crippen molar-refractivity contribution in [3.8, 4) is 0 Å². The van der Waals surface area contributed by atoms with Gasteiger partial charge in [-0.2, -0.15) is 18.2 Å². The van der Waals surface area contributed by atoms with Gasteiger partial charge in [0.2, 0.25) is 5.95 Å². The molecule has 8 heteroatoms. The van der Waals surface area contributed by atoms with Crippen molar-refractivity contribution < 1.29 is 13.2 Å². The van der Waals surface area contributed by atoms with Crippen LogP contribution >= 0.6 is 11.6 Å². The average Bonchev–Trinajstić information content (AvgIpc) is 2.47. The first kappa shape index (κ1) is 18.3. The molecule has 1 heterocycles. The molecule has 0 spiro atoms. The number of aryl methyl sites for hydroxylation is 1. The maximum absolute atomic E-state index is 12.8. The van der Waals surface area contributed by atoms with Crippen molar-refractivity contribution in [1.29, 1.82) is 0 Å². The highest BCUT2D eigenvalue weighted by molar-refractivity contribution is 6.33. The van der Waals surface area contributed by atoms with Crippen molar-refractivity contribution in [3.05, 3.63) is 40.5 Å². The fraction of sp³-hybridized carbons (Fsp3) is 0.375. The second kappa shape index (κ2) is 7.25. The zero-order valence-electron chi connectivity index (χ0n) is 13.5. The zero-order chi connectivity index (χ0) is 17.9. The number of nitrogens with one attached hydrogen (secondary N) is 2. The monoisotopic (exact) mass is 358 g/mol. The van der Waals surface area contributed by atoms with Gasteiger partial charge in [-0.05, 0) is 38.5 Å². The first-order chi connectivity index (χ1) is 11.2. The van der Waals surface area contributed by atoms with Crippen LogP contribution in [-0.4, -0.2) is 16.0 Å². The molecule has 0 saturated carbocycles. The molecule has 0 bridgehead atoms. The maximum atomic E-state index is 12.8. The second-order valence-corrected chi connectivity index (χ2v) is 5.90. The summed E-state index contributed by atoms with van der Waals surface area (Å²) in [6.45, 7) is 5.79. The molecule has 1 aromatic heterocycles. The van der Waals surface area contributed by atoms with Crippen LogP contribution in [0, 0.1) is 6.92 Å². The number of hydrogen-bond donors (Lipinski definition) is 2. The van der Waals surface area contributed by atoms with Gasteiger partial charge in [-0.15, -0.1) is 0 Å². The molecule has 0 amide bonds. The van der Waals surface area contributed by atoms with Gasteiger partial charge >= 0.3 is 6.18 Å². The Hall–Kier alpha value is -2.02. The SMILES string of the molecule is CCC(C)Nc1nc(C)cc(Nc2cc(C(F)(F)F)ccc2Cl)n1. The number of aromatic nitrogens is 2. The largest absolute Gasteiger partial charge is 0.416 e. The maximum Gasteiger partial charge on any atom is 0.416 e. The standard InChI is InChI=1S/C16H18ClF3N4/c1-4-9(2)21-15-22-10(3)7-14(24-15)23-13-8-11(16(18,19)20)5-6-12(13)17/h5-9H,4H2,1-3H3,(H2,21,22,23,24). The van der Waals surface area contributed by atoms with Crippen LogP contribution in [0.5, 0.6) is 0 Å². The first-order valence-electron chi connectivity index (χ1n) is 7.45. The minimum atomic E-state index is -4.44. The number of benzene rings is 1. The van der Waals surface area contributed by atoms with E-state index < -0.39 is 11.7 Å². The molecule has 2 N–H and O–H groups in total. The highest BCUT2D eigenvalue weighted by Gasteiger charge is 2.31. The Balaban J connectivity index is 2.31. The van der Waals surface area contributed by atoms with Crippen LogP contribution in [0.4, 0.5) is 30.6 Å². The molecule has 0 saturated heterocycles. The average molecular weight is 359 g/mol. The molecule has 130 valence electrons. The van der Waals surface area contributed by atoms with Crippen LogP contribution in [0.1, 0.15) is 31.5 Å². The van der Waals surface area contributed by atoms with Crippen molar-refractivity contribution in [1.82, 2.24) is 9.97 Å². The summed E-state index contributed by atoms with van der Waals surface area (Å²) in [5.74, 6) is 0.782. The van der Waals surface area contributed by atoms with Crippen LogP contribution in [-0.2, 0) is 6.18 Å². The van der Waals surface area contributed by atoms with E-state index in [0.717, 1.165) is 18.6 Å². The summed E-state index contributed by atoms with van der Waals surface area (Å²) in [4.78, 5) is 8.54. The molecule has 1 aromatic carbocycles. The number of nitrogens with zero attached hydrogens (tertiary/aromatic N) is 2. The highest BCUT2D eigenvalue weighted by Crippen LogP contribution is 2.34. The topological polar surface area (TPSA) is 49.8 Å². The van der Waals surface area contributed by atoms with Crippen molar-refractivity contribution in [2.45, 2.75) is 39.4 Å². The molecule has 0 aliphatic heterocycles. The quantitative estimate of drug-likeness (QED) is 0.750. The van der Waals surface area contributed by atoms with Gasteiger partial charge in [-0.3, -0.25) is 0 Å². The molecule has 2 rings (SSSR count). The van der Waals surface area contributed by atoms with Crippen molar-refractivity contribution >= 4 is 29.1 Å². The Kier molecular flexibility index (Phi) is 5.54. The van der Waals surface area contributed by atoms with E-state index in [2.05, 4.69) is 20.6 Å². The summed E-state index contributed by atoms with van der Waals surface area (Å²) in [5.41, 5.74) is 0.0404. The highest BCUT2D eigenvalue weighted by atomic mass is 35.5. The Morgan fingerprint density at radius 1 is 1.21 bits per heavy atom. The van der Waals surface area contributed by atoms with E-state index in [9.17, 15) is 13.2 Å². The normalized spacial score (nSPS) is 12.8. The van der Waals surface area contributed by atoms with Crippen LogP contribution < -0.4 is 10.6 Å². The lowest BCUT2D eigenvalue weighted by Gasteiger charge is -2.15. The van der Waals surface area contributed by atoms with Crippen LogP contribution in [0.25, 0.3) is 0 Å². The van der Waals surface area contributed by atoms with Gasteiger partial charge in [0.25, 0.3) is 0 Å². The smallest absolute Gasteiger partial charge is 0.352 e. The van der Waals surface area contributed by atoms with E-state index >= 15 is 0 Å². The third-order valence-corrected chi connectivity index (χ3v) is 3.73. The number of halogens is 4. The van der Waals surface area contributed by atoms with Crippen LogP contribution in [0.2, 0.25) is 5.02 Å². The molecule has 4 nitrogen and oxygen atoms in total. The summed E-state index contributed by atoms with van der Waals surface area (Å²) in [5, 5.41) is 6.14. The molecule has 0 fully saturated rings. The molecule has 24 heavy (non-hydrogen) atoms. The van der Waals surface area contributed by atoms with Crippen LogP contribution in [0.3, 0.4) is 0 Å². The molecule has 0 aliphatic carbocycles. The Labute approximate surface area is 143 Å². The molecular formula is C16H18ClF3N4. The van der Waals surface area contributed by atoms with E-state index in [0.29, 0.717) is 17.5 Å². The van der Waals surface area contributed by atoms with Gasteiger partial charge in [-0.1, -0.05) is 18.5 Å². The first-order valence-corrected chi connectivity index (χ1v) is 7.83. The summed E-state index contributed by atoms with van der Waals surface area (Å²) in [6.07, 6.45) is -3.55. The molecule has 0 aliphatic rings. The van der Waals surface area contributed by atoms with Gasteiger partial charge in [0.1, 0.15) is 5.82 Å². The van der Waals surface area contributed by atoms with Gasteiger partial charge in [0.15, 0.2) is 0 Å². The van der Waals surface area contributed by atoms with Crippen molar-refractivity contribution in [2.24, 2.45) is 0 Å². The summed E-state index contributed by atoms with van der Waals surface area (Å²) < 4.78 is 38.5. The molecule has 2 aromatic rings. The fourth-order valence-electron chi connectivity index (χ4n) is 1.95. The van der Waals surface area contributed by atoms with Crippen LogP contribution in [0.15, 0.2) is 24.3 Å². The summed E-state index contributed by atoms with van der Waals surface area (Å²) in [7, 11) is 0. The number of alkyl halides is 3. The minimum Gasteiger partial charge on any atom is -0.352 e. The molecule has 0 radical (unpaired) electrons. The fourth-order valence-corrected chi connectivity index (χ4v) is 2.12. The number of rotatable bonds is 5. The molecule has 1 unspecified atom stereocenters. The predicted octanol–water partition coefficient (Wildman–Crippen LogP) is 5.41. The Morgan fingerprint density at radius 3 is 2.54 bits per heavy atom. The van der Waals surface area contributed by atoms with Gasteiger partial charge in [0.05, 0.1) is 16.3 Å². The third kappa shape index (κ3) is 4.74. The number of anilines is 3. The third-order valence-electron chi connectivity index (χ3n) is 3.40. The predicted molar refractivity (Wildman–Crippen MR) is 89.9 cm³/mol. The minimum absolute atomic E-state index is 0.138. The zero-order valence-corrected chi connectivity index (χ0v) is 14.3. The van der Waals surface area contributed by atoms with E-state index in [-0.39, 0.29) is 16.8 Å². The van der Waals surface area contributed by atoms with E-state index in [1.807, 2.05) is 13.8 Å². The number of hydrogen-bond acceptors (Lipinski definition) is 4. The Bertz CT molecular complexity index is 719. The van der Waals surface area contributed by atoms with E-state index in [1.54, 1.807) is 13.0 Å². The van der Waals surface area contributed by atoms with E-state index in [1.165, 1.54) is 6.07 Å². The molecular weight excluding hydrogens is 341 g/mol. The van der Waals surface area contributed by atoms with Gasteiger partial charge in [-0.25, -0.2) is 4.98 Å². The van der Waals surface area contributed by atoms with Gasteiger partial charge < -0.3 is 10.6 Å². The summed E-state index contributed by atoms with van der Waals surface area (Å²) in [6, 6.07) is 4.92. The lowest BCUT2D eigenvalue weighted by atomic mass is 10.2. The summed E-state index contributed by atoms with van der Waals surface area (Å²) >= 11 is 5.99. The lowest BCUT2D eigenvalue weighted by Crippen LogP contribution is -2.16. The second-order valence-electron chi connectivity index (χ2n) is 5.49. The Morgan fingerprint density at radius 2 is 1.92 bits per heavy atom.